The van der Waals surface area contributed by atoms with Gasteiger partial charge >= 0.3 is 0 Å². The van der Waals surface area contributed by atoms with E-state index in [-0.39, 0.29) is 0 Å². The zero-order chi connectivity index (χ0) is 10.8. The molecule has 0 fully saturated rings. The highest BCUT2D eigenvalue weighted by molar-refractivity contribution is 5.54. The Morgan fingerprint density at radius 1 is 1.53 bits per heavy atom. The van der Waals surface area contributed by atoms with Crippen molar-refractivity contribution in [2.75, 3.05) is 0 Å². The van der Waals surface area contributed by atoms with Gasteiger partial charge in [-0.25, -0.2) is 9.50 Å². The molecule has 15 heavy (non-hydrogen) atoms. The van der Waals surface area contributed by atoms with Gasteiger partial charge in [-0.1, -0.05) is 13.3 Å². The van der Waals surface area contributed by atoms with Crippen LogP contribution in [-0.4, -0.2) is 14.6 Å². The molecule has 2 rings (SSSR count). The molecule has 0 bridgehead atoms. The Bertz CT molecular complexity index is 533. The predicted molar refractivity (Wildman–Crippen MR) is 56.4 cm³/mol. The number of hydrogen-bond donors (Lipinski definition) is 0. The lowest BCUT2D eigenvalue weighted by Crippen LogP contribution is -2.01. The highest BCUT2D eigenvalue weighted by atomic mass is 15.3. The van der Waals surface area contributed by atoms with Gasteiger partial charge in [0.25, 0.3) is 0 Å². The van der Waals surface area contributed by atoms with E-state index >= 15 is 0 Å². The van der Waals surface area contributed by atoms with E-state index in [0.29, 0.717) is 11.2 Å². The van der Waals surface area contributed by atoms with E-state index in [0.717, 1.165) is 24.2 Å². The third kappa shape index (κ3) is 1.57. The zero-order valence-electron chi connectivity index (χ0n) is 8.86. The fourth-order valence-corrected chi connectivity index (χ4v) is 1.67. The first-order valence-corrected chi connectivity index (χ1v) is 5.00. The van der Waals surface area contributed by atoms with E-state index < -0.39 is 0 Å². The third-order valence-corrected chi connectivity index (χ3v) is 2.30. The van der Waals surface area contributed by atoms with Crippen molar-refractivity contribution in [1.29, 1.82) is 5.26 Å². The quantitative estimate of drug-likeness (QED) is 0.743. The molecule has 76 valence electrons. The van der Waals surface area contributed by atoms with Crippen LogP contribution >= 0.6 is 0 Å². The lowest BCUT2D eigenvalue weighted by atomic mass is 10.2. The van der Waals surface area contributed by atoms with E-state index in [1.165, 1.54) is 0 Å². The van der Waals surface area contributed by atoms with Crippen LogP contribution in [0.25, 0.3) is 5.65 Å². The highest BCUT2D eigenvalue weighted by Crippen LogP contribution is 2.12. The molecular formula is C11H12N4. The van der Waals surface area contributed by atoms with Crippen molar-refractivity contribution in [1.82, 2.24) is 14.6 Å². The Morgan fingerprint density at radius 3 is 3.00 bits per heavy atom. The molecule has 0 aliphatic rings. The second-order valence-corrected chi connectivity index (χ2v) is 3.54. The summed E-state index contributed by atoms with van der Waals surface area (Å²) in [5.74, 6) is 0. The van der Waals surface area contributed by atoms with Gasteiger partial charge in [-0.3, -0.25) is 0 Å². The van der Waals surface area contributed by atoms with E-state index in [9.17, 15) is 0 Å². The summed E-state index contributed by atoms with van der Waals surface area (Å²) in [6.07, 6.45) is 3.58. The molecule has 0 atom stereocenters. The summed E-state index contributed by atoms with van der Waals surface area (Å²) < 4.78 is 1.76. The number of fused-ring (bicyclic) bond motifs is 1. The predicted octanol–water partition coefficient (Wildman–Crippen LogP) is 1.86. The lowest BCUT2D eigenvalue weighted by molar-refractivity contribution is 0.791. The Kier molecular flexibility index (Phi) is 2.38. The summed E-state index contributed by atoms with van der Waals surface area (Å²) in [4.78, 5) is 4.33. The lowest BCUT2D eigenvalue weighted by Gasteiger charge is -2.04. The largest absolute Gasteiger partial charge is 0.233 e. The second-order valence-electron chi connectivity index (χ2n) is 3.54. The van der Waals surface area contributed by atoms with Crippen molar-refractivity contribution in [3.05, 3.63) is 29.2 Å². The molecule has 0 saturated heterocycles. The van der Waals surface area contributed by atoms with Crippen molar-refractivity contribution >= 4 is 5.65 Å². The van der Waals surface area contributed by atoms with Crippen LogP contribution in [0.2, 0.25) is 0 Å². The van der Waals surface area contributed by atoms with Crippen molar-refractivity contribution in [3.63, 3.8) is 0 Å². The van der Waals surface area contributed by atoms with Crippen LogP contribution in [0, 0.1) is 18.3 Å². The number of nitriles is 1. The average molecular weight is 200 g/mol. The van der Waals surface area contributed by atoms with Gasteiger partial charge in [0.05, 0.1) is 6.20 Å². The smallest absolute Gasteiger partial charge is 0.173 e. The monoisotopic (exact) mass is 200 g/mol. The maximum absolute atomic E-state index is 8.89. The van der Waals surface area contributed by atoms with Gasteiger partial charge in [-0.05, 0) is 19.4 Å². The number of nitrogens with zero attached hydrogens (tertiary/aromatic N) is 4. The fraction of sp³-hybridized carbons (Fsp3) is 0.364. The standard InChI is InChI=1S/C11H12N4/c1-3-4-10-5-8(2)14-11-9(6-12)7-13-15(10)11/h5,7H,3-4H2,1-2H3. The van der Waals surface area contributed by atoms with Gasteiger partial charge in [0.1, 0.15) is 11.6 Å². The summed E-state index contributed by atoms with van der Waals surface area (Å²) in [7, 11) is 0. The summed E-state index contributed by atoms with van der Waals surface area (Å²) in [5, 5.41) is 13.1. The molecule has 0 aliphatic carbocycles. The van der Waals surface area contributed by atoms with Gasteiger partial charge in [-0.15, -0.1) is 0 Å². The van der Waals surface area contributed by atoms with Crippen LogP contribution in [0.3, 0.4) is 0 Å². The molecule has 0 aliphatic heterocycles. The van der Waals surface area contributed by atoms with Crippen LogP contribution in [-0.2, 0) is 6.42 Å². The number of aryl methyl sites for hydroxylation is 2. The molecule has 0 saturated carbocycles. The number of rotatable bonds is 2. The van der Waals surface area contributed by atoms with Crippen LogP contribution in [0.5, 0.6) is 0 Å². The molecule has 0 N–H and O–H groups in total. The van der Waals surface area contributed by atoms with Gasteiger partial charge in [0.2, 0.25) is 0 Å². The van der Waals surface area contributed by atoms with Crippen molar-refractivity contribution < 1.29 is 0 Å². The van der Waals surface area contributed by atoms with Crippen LogP contribution in [0.15, 0.2) is 12.3 Å². The number of hydrogen-bond acceptors (Lipinski definition) is 3. The van der Waals surface area contributed by atoms with E-state index in [2.05, 4.69) is 23.1 Å². The molecule has 4 nitrogen and oxygen atoms in total. The van der Waals surface area contributed by atoms with Crippen LogP contribution in [0.4, 0.5) is 0 Å². The summed E-state index contributed by atoms with van der Waals surface area (Å²) in [5.41, 5.74) is 3.25. The first kappa shape index (κ1) is 9.66. The molecule has 4 heteroatoms. The van der Waals surface area contributed by atoms with Gasteiger partial charge in [0.15, 0.2) is 5.65 Å². The van der Waals surface area contributed by atoms with E-state index in [1.54, 1.807) is 10.7 Å². The Labute approximate surface area is 88.2 Å². The Balaban J connectivity index is 2.72. The SMILES string of the molecule is CCCc1cc(C)nc2c(C#N)cnn12. The summed E-state index contributed by atoms with van der Waals surface area (Å²) in [6, 6.07) is 4.12. The molecule has 2 aromatic heterocycles. The minimum Gasteiger partial charge on any atom is -0.233 e. The molecule has 2 aromatic rings. The molecule has 0 radical (unpaired) electrons. The fourth-order valence-electron chi connectivity index (χ4n) is 1.67. The second kappa shape index (κ2) is 3.70. The Morgan fingerprint density at radius 2 is 2.33 bits per heavy atom. The first-order valence-electron chi connectivity index (χ1n) is 5.00. The Hall–Kier alpha value is -1.89. The number of aromatic nitrogens is 3. The van der Waals surface area contributed by atoms with Gasteiger partial charge in [0, 0.05) is 11.4 Å². The van der Waals surface area contributed by atoms with Crippen LogP contribution in [0.1, 0.15) is 30.3 Å². The molecule has 0 unspecified atom stereocenters. The molecular weight excluding hydrogens is 188 g/mol. The molecule has 0 spiro atoms. The normalized spacial score (nSPS) is 10.5. The topological polar surface area (TPSA) is 54.0 Å². The highest BCUT2D eigenvalue weighted by Gasteiger charge is 2.08. The average Bonchev–Trinajstić information content (AvgIpc) is 2.61. The summed E-state index contributed by atoms with van der Waals surface area (Å²) in [6.45, 7) is 4.06. The minimum absolute atomic E-state index is 0.538. The maximum Gasteiger partial charge on any atom is 0.173 e. The van der Waals surface area contributed by atoms with Crippen molar-refractivity contribution in [3.8, 4) is 6.07 Å². The molecule has 2 heterocycles. The third-order valence-electron chi connectivity index (χ3n) is 2.30. The van der Waals surface area contributed by atoms with Crippen molar-refractivity contribution in [2.45, 2.75) is 26.7 Å². The van der Waals surface area contributed by atoms with E-state index in [4.69, 9.17) is 5.26 Å². The van der Waals surface area contributed by atoms with Gasteiger partial charge in [-0.2, -0.15) is 10.4 Å². The van der Waals surface area contributed by atoms with Crippen molar-refractivity contribution in [2.24, 2.45) is 0 Å². The minimum atomic E-state index is 0.538. The van der Waals surface area contributed by atoms with Gasteiger partial charge < -0.3 is 0 Å². The first-order chi connectivity index (χ1) is 7.26. The van der Waals surface area contributed by atoms with E-state index in [1.807, 2.05) is 13.0 Å². The molecule has 0 amide bonds. The maximum atomic E-state index is 8.89. The molecule has 0 aromatic carbocycles. The zero-order valence-corrected chi connectivity index (χ0v) is 8.86. The summed E-state index contributed by atoms with van der Waals surface area (Å²) >= 11 is 0. The van der Waals surface area contributed by atoms with Crippen LogP contribution < -0.4 is 0 Å².